The van der Waals surface area contributed by atoms with E-state index in [2.05, 4.69) is 5.32 Å². The summed E-state index contributed by atoms with van der Waals surface area (Å²) in [6.07, 6.45) is 5.53. The molecule has 0 radical (unpaired) electrons. The number of carbonyl (C=O) groups is 2. The molecular weight excluding hydrogens is 240 g/mol. The van der Waals surface area contributed by atoms with Gasteiger partial charge in [0.15, 0.2) is 0 Å². The van der Waals surface area contributed by atoms with E-state index >= 15 is 0 Å². The number of hydrogen-bond donors (Lipinski definition) is 1. The summed E-state index contributed by atoms with van der Waals surface area (Å²) in [6, 6.07) is 0.0781. The Morgan fingerprint density at radius 1 is 1.21 bits per heavy atom. The van der Waals surface area contributed by atoms with Crippen molar-refractivity contribution in [1.82, 2.24) is 10.2 Å². The van der Waals surface area contributed by atoms with Gasteiger partial charge in [0, 0.05) is 19.0 Å². The average Bonchev–Trinajstić information content (AvgIpc) is 2.94. The SMILES string of the molecule is CC(C)C1NC(=O)CCN(C2CC3CCC2C3)C1=O. The van der Waals surface area contributed by atoms with Crippen LogP contribution in [0.25, 0.3) is 0 Å². The average molecular weight is 264 g/mol. The number of nitrogens with zero attached hydrogens (tertiary/aromatic N) is 1. The topological polar surface area (TPSA) is 49.4 Å². The molecule has 1 saturated heterocycles. The third-order valence-corrected chi connectivity index (χ3v) is 5.21. The highest BCUT2D eigenvalue weighted by molar-refractivity contribution is 5.90. The number of fused-ring (bicyclic) bond motifs is 2. The molecule has 0 aromatic heterocycles. The number of amides is 2. The first-order valence-electron chi connectivity index (χ1n) is 7.66. The van der Waals surface area contributed by atoms with E-state index in [1.165, 1.54) is 19.3 Å². The second-order valence-electron chi connectivity index (χ2n) is 6.81. The fourth-order valence-electron chi connectivity index (χ4n) is 4.19. The van der Waals surface area contributed by atoms with Gasteiger partial charge in [-0.2, -0.15) is 0 Å². The lowest BCUT2D eigenvalue weighted by Crippen LogP contribution is -2.51. The maximum absolute atomic E-state index is 12.7. The van der Waals surface area contributed by atoms with Crippen LogP contribution in [0.5, 0.6) is 0 Å². The van der Waals surface area contributed by atoms with Gasteiger partial charge in [0.2, 0.25) is 11.8 Å². The molecule has 4 nitrogen and oxygen atoms in total. The van der Waals surface area contributed by atoms with Crippen LogP contribution in [0.1, 0.15) is 46.0 Å². The van der Waals surface area contributed by atoms with Crippen molar-refractivity contribution in [3.05, 3.63) is 0 Å². The summed E-state index contributed by atoms with van der Waals surface area (Å²) in [5.41, 5.74) is 0. The van der Waals surface area contributed by atoms with E-state index in [9.17, 15) is 9.59 Å². The Bertz CT molecular complexity index is 394. The monoisotopic (exact) mass is 264 g/mol. The molecule has 1 aliphatic heterocycles. The Hall–Kier alpha value is -1.06. The van der Waals surface area contributed by atoms with Crippen LogP contribution in [-0.2, 0) is 9.59 Å². The standard InChI is InChI=1S/C15H24N2O2/c1-9(2)14-15(19)17(6-5-13(18)16-14)12-8-10-3-4-11(12)7-10/h9-12,14H,3-8H2,1-2H3,(H,16,18). The van der Waals surface area contributed by atoms with E-state index in [-0.39, 0.29) is 23.8 Å². The summed E-state index contributed by atoms with van der Waals surface area (Å²) in [6.45, 7) is 4.63. The third-order valence-electron chi connectivity index (χ3n) is 5.21. The van der Waals surface area contributed by atoms with Gasteiger partial charge < -0.3 is 10.2 Å². The van der Waals surface area contributed by atoms with Crippen molar-refractivity contribution >= 4 is 11.8 Å². The summed E-state index contributed by atoms with van der Waals surface area (Å²) in [5, 5.41) is 2.90. The summed E-state index contributed by atoms with van der Waals surface area (Å²) < 4.78 is 0. The smallest absolute Gasteiger partial charge is 0.245 e. The molecule has 3 fully saturated rings. The quantitative estimate of drug-likeness (QED) is 0.822. The van der Waals surface area contributed by atoms with E-state index in [4.69, 9.17) is 0 Å². The van der Waals surface area contributed by atoms with Gasteiger partial charge in [0.1, 0.15) is 6.04 Å². The minimum absolute atomic E-state index is 0.0257. The van der Waals surface area contributed by atoms with E-state index in [0.717, 1.165) is 12.3 Å². The highest BCUT2D eigenvalue weighted by Crippen LogP contribution is 2.47. The summed E-state index contributed by atoms with van der Waals surface area (Å²) >= 11 is 0. The van der Waals surface area contributed by atoms with Crippen LogP contribution in [0.2, 0.25) is 0 Å². The Balaban J connectivity index is 1.79. The fourth-order valence-corrected chi connectivity index (χ4v) is 4.19. The molecule has 19 heavy (non-hydrogen) atoms. The van der Waals surface area contributed by atoms with Gasteiger partial charge in [-0.05, 0) is 37.0 Å². The van der Waals surface area contributed by atoms with Crippen LogP contribution in [0, 0.1) is 17.8 Å². The number of hydrogen-bond acceptors (Lipinski definition) is 2. The van der Waals surface area contributed by atoms with E-state index in [1.807, 2.05) is 18.7 Å². The van der Waals surface area contributed by atoms with Crippen LogP contribution >= 0.6 is 0 Å². The maximum atomic E-state index is 12.7. The second kappa shape index (κ2) is 4.80. The van der Waals surface area contributed by atoms with Gasteiger partial charge in [-0.1, -0.05) is 20.3 Å². The normalized spacial score (nSPS) is 38.8. The van der Waals surface area contributed by atoms with Crippen molar-refractivity contribution < 1.29 is 9.59 Å². The van der Waals surface area contributed by atoms with Crippen molar-refractivity contribution in [2.24, 2.45) is 17.8 Å². The maximum Gasteiger partial charge on any atom is 0.245 e. The van der Waals surface area contributed by atoms with Gasteiger partial charge in [-0.3, -0.25) is 9.59 Å². The van der Waals surface area contributed by atoms with Crippen LogP contribution in [0.3, 0.4) is 0 Å². The molecule has 0 aromatic rings. The van der Waals surface area contributed by atoms with Crippen molar-refractivity contribution in [1.29, 1.82) is 0 Å². The molecule has 0 aromatic carbocycles. The Morgan fingerprint density at radius 2 is 2.00 bits per heavy atom. The molecule has 2 aliphatic carbocycles. The number of nitrogens with one attached hydrogen (secondary N) is 1. The van der Waals surface area contributed by atoms with E-state index in [1.54, 1.807) is 0 Å². The second-order valence-corrected chi connectivity index (χ2v) is 6.81. The van der Waals surface area contributed by atoms with Gasteiger partial charge in [0.05, 0.1) is 0 Å². The van der Waals surface area contributed by atoms with Crippen molar-refractivity contribution in [3.8, 4) is 0 Å². The molecule has 3 aliphatic rings. The zero-order valence-corrected chi connectivity index (χ0v) is 11.9. The highest BCUT2D eigenvalue weighted by Gasteiger charge is 2.45. The first-order valence-corrected chi connectivity index (χ1v) is 7.66. The van der Waals surface area contributed by atoms with Crippen LogP contribution in [0.4, 0.5) is 0 Å². The first kappa shape index (κ1) is 12.9. The Kier molecular flexibility index (Phi) is 3.27. The molecule has 2 saturated carbocycles. The molecule has 1 N–H and O–H groups in total. The lowest BCUT2D eigenvalue weighted by molar-refractivity contribution is -0.137. The highest BCUT2D eigenvalue weighted by atomic mass is 16.2. The van der Waals surface area contributed by atoms with Gasteiger partial charge in [0.25, 0.3) is 0 Å². The number of rotatable bonds is 2. The minimum Gasteiger partial charge on any atom is -0.344 e. The van der Waals surface area contributed by atoms with Gasteiger partial charge in [-0.15, -0.1) is 0 Å². The van der Waals surface area contributed by atoms with Crippen molar-refractivity contribution in [3.63, 3.8) is 0 Å². The summed E-state index contributed by atoms with van der Waals surface area (Å²) in [7, 11) is 0. The third kappa shape index (κ3) is 2.26. The van der Waals surface area contributed by atoms with Crippen LogP contribution in [-0.4, -0.2) is 35.3 Å². The first-order chi connectivity index (χ1) is 9.06. The predicted molar refractivity (Wildman–Crippen MR) is 72.3 cm³/mol. The fraction of sp³-hybridized carbons (Fsp3) is 0.867. The zero-order valence-electron chi connectivity index (χ0n) is 11.9. The molecule has 4 atom stereocenters. The molecule has 106 valence electrons. The Labute approximate surface area is 114 Å². The molecule has 4 unspecified atom stereocenters. The molecule has 1 heterocycles. The number of carbonyl (C=O) groups excluding carboxylic acids is 2. The lowest BCUT2D eigenvalue weighted by atomic mass is 9.92. The lowest BCUT2D eigenvalue weighted by Gasteiger charge is -2.35. The molecule has 2 bridgehead atoms. The van der Waals surface area contributed by atoms with Crippen molar-refractivity contribution in [2.75, 3.05) is 6.54 Å². The largest absolute Gasteiger partial charge is 0.344 e. The van der Waals surface area contributed by atoms with E-state index in [0.29, 0.717) is 24.9 Å². The Morgan fingerprint density at radius 3 is 2.58 bits per heavy atom. The molecule has 2 amide bonds. The summed E-state index contributed by atoms with van der Waals surface area (Å²) in [5.74, 6) is 1.86. The van der Waals surface area contributed by atoms with Gasteiger partial charge >= 0.3 is 0 Å². The minimum atomic E-state index is -0.325. The van der Waals surface area contributed by atoms with Crippen molar-refractivity contribution in [2.45, 2.75) is 58.0 Å². The summed E-state index contributed by atoms with van der Waals surface area (Å²) in [4.78, 5) is 26.5. The molecule has 0 spiro atoms. The van der Waals surface area contributed by atoms with Crippen LogP contribution < -0.4 is 5.32 Å². The van der Waals surface area contributed by atoms with E-state index < -0.39 is 0 Å². The van der Waals surface area contributed by atoms with Gasteiger partial charge in [-0.25, -0.2) is 0 Å². The predicted octanol–water partition coefficient (Wildman–Crippen LogP) is 1.55. The van der Waals surface area contributed by atoms with Crippen LogP contribution in [0.15, 0.2) is 0 Å². The molecular formula is C15H24N2O2. The molecule has 3 rings (SSSR count). The molecule has 4 heteroatoms. The zero-order chi connectivity index (χ0) is 13.6.